The summed E-state index contributed by atoms with van der Waals surface area (Å²) in [6, 6.07) is 14.0. The summed E-state index contributed by atoms with van der Waals surface area (Å²) < 4.78 is 10.7. The van der Waals surface area contributed by atoms with E-state index in [1.54, 1.807) is 26.4 Å². The molecule has 2 aromatic rings. The lowest BCUT2D eigenvalue weighted by Crippen LogP contribution is -2.48. The van der Waals surface area contributed by atoms with Crippen LogP contribution in [-0.4, -0.2) is 78.3 Å². The van der Waals surface area contributed by atoms with E-state index in [2.05, 4.69) is 36.1 Å². The first kappa shape index (κ1) is 24.7. The Balaban J connectivity index is 0.000000534. The molecule has 0 spiro atoms. The van der Waals surface area contributed by atoms with E-state index in [9.17, 15) is 4.79 Å². The Morgan fingerprint density at radius 3 is 2.06 bits per heavy atom. The van der Waals surface area contributed by atoms with Gasteiger partial charge < -0.3 is 24.6 Å². The molecular weight excluding hydrogens is 416 g/mol. The minimum atomic E-state index is -1.82. The van der Waals surface area contributed by atoms with Crippen LogP contribution in [0.4, 0.5) is 0 Å². The molecule has 2 aromatic carbocycles. The molecule has 1 heterocycles. The van der Waals surface area contributed by atoms with Crippen LogP contribution < -0.4 is 9.47 Å². The molecule has 0 atom stereocenters. The van der Waals surface area contributed by atoms with Crippen LogP contribution in [0, 0.1) is 6.92 Å². The first-order chi connectivity index (χ1) is 15.3. The van der Waals surface area contributed by atoms with Crippen LogP contribution in [0.3, 0.4) is 0 Å². The van der Waals surface area contributed by atoms with Crippen molar-refractivity contribution in [3.8, 4) is 11.5 Å². The van der Waals surface area contributed by atoms with Gasteiger partial charge in [0.25, 0.3) is 5.91 Å². The van der Waals surface area contributed by atoms with Gasteiger partial charge in [0.2, 0.25) is 0 Å². The maximum atomic E-state index is 12.9. The topological polar surface area (TPSA) is 117 Å². The van der Waals surface area contributed by atoms with Gasteiger partial charge in [0.05, 0.1) is 19.8 Å². The van der Waals surface area contributed by atoms with Crippen molar-refractivity contribution in [1.29, 1.82) is 0 Å². The molecule has 32 heavy (non-hydrogen) atoms. The van der Waals surface area contributed by atoms with Gasteiger partial charge in [0, 0.05) is 32.7 Å². The number of carbonyl (C=O) groups is 3. The van der Waals surface area contributed by atoms with Gasteiger partial charge in [0.1, 0.15) is 0 Å². The Kier molecular flexibility index (Phi) is 9.03. The number of para-hydroxylation sites is 1. The number of hydrogen-bond donors (Lipinski definition) is 2. The predicted molar refractivity (Wildman–Crippen MR) is 117 cm³/mol. The maximum Gasteiger partial charge on any atom is 0.414 e. The van der Waals surface area contributed by atoms with Crippen molar-refractivity contribution in [2.75, 3.05) is 40.4 Å². The average molecular weight is 444 g/mol. The number of amides is 1. The number of methoxy groups -OCH3 is 2. The van der Waals surface area contributed by atoms with Gasteiger partial charge in [0.15, 0.2) is 11.5 Å². The fraction of sp³-hybridized carbons (Fsp3) is 0.348. The summed E-state index contributed by atoms with van der Waals surface area (Å²) >= 11 is 0. The molecule has 0 saturated carbocycles. The molecule has 1 aliphatic heterocycles. The van der Waals surface area contributed by atoms with Gasteiger partial charge in [-0.3, -0.25) is 9.69 Å². The third-order valence-corrected chi connectivity index (χ3v) is 4.96. The summed E-state index contributed by atoms with van der Waals surface area (Å²) in [5.74, 6) is -2.57. The quantitative estimate of drug-likeness (QED) is 0.674. The Bertz CT molecular complexity index is 941. The zero-order valence-electron chi connectivity index (χ0n) is 18.4. The lowest BCUT2D eigenvalue weighted by Gasteiger charge is -2.35. The Morgan fingerprint density at radius 1 is 0.906 bits per heavy atom. The molecule has 1 amide bonds. The van der Waals surface area contributed by atoms with E-state index < -0.39 is 11.9 Å². The van der Waals surface area contributed by atoms with Gasteiger partial charge >= 0.3 is 11.9 Å². The molecule has 1 saturated heterocycles. The second-order valence-electron chi connectivity index (χ2n) is 7.21. The van der Waals surface area contributed by atoms with E-state index in [-0.39, 0.29) is 5.91 Å². The van der Waals surface area contributed by atoms with Crippen molar-refractivity contribution in [2.45, 2.75) is 13.5 Å². The number of carboxylic acids is 2. The highest BCUT2D eigenvalue weighted by Gasteiger charge is 2.25. The molecule has 9 nitrogen and oxygen atoms in total. The minimum Gasteiger partial charge on any atom is -0.493 e. The van der Waals surface area contributed by atoms with Gasteiger partial charge in [-0.1, -0.05) is 35.9 Å². The molecule has 172 valence electrons. The van der Waals surface area contributed by atoms with Crippen LogP contribution in [0.5, 0.6) is 11.5 Å². The monoisotopic (exact) mass is 444 g/mol. The van der Waals surface area contributed by atoms with Crippen LogP contribution in [0.1, 0.15) is 21.5 Å². The summed E-state index contributed by atoms with van der Waals surface area (Å²) in [5.41, 5.74) is 3.15. The maximum absolute atomic E-state index is 12.9. The van der Waals surface area contributed by atoms with Gasteiger partial charge in [-0.15, -0.1) is 0 Å². The molecule has 1 fully saturated rings. The number of hydrogen-bond acceptors (Lipinski definition) is 6. The van der Waals surface area contributed by atoms with Crippen LogP contribution in [-0.2, 0) is 16.1 Å². The van der Waals surface area contributed by atoms with Gasteiger partial charge in [-0.2, -0.15) is 0 Å². The van der Waals surface area contributed by atoms with Crippen LogP contribution in [0.2, 0.25) is 0 Å². The fourth-order valence-electron chi connectivity index (χ4n) is 3.40. The number of rotatable bonds is 5. The molecule has 9 heteroatoms. The predicted octanol–water partition coefficient (Wildman–Crippen LogP) is 2.13. The molecule has 0 radical (unpaired) electrons. The third kappa shape index (κ3) is 6.71. The number of aliphatic carboxylic acids is 2. The molecular formula is C23H28N2O7. The van der Waals surface area contributed by atoms with Crippen LogP contribution >= 0.6 is 0 Å². The minimum absolute atomic E-state index is 0.00374. The van der Waals surface area contributed by atoms with Crippen molar-refractivity contribution in [1.82, 2.24) is 9.80 Å². The number of nitrogens with zero attached hydrogens (tertiary/aromatic N) is 2. The summed E-state index contributed by atoms with van der Waals surface area (Å²) in [5, 5.41) is 14.8. The Labute approximate surface area is 186 Å². The first-order valence-electron chi connectivity index (χ1n) is 10.0. The number of ether oxygens (including phenoxy) is 2. The fourth-order valence-corrected chi connectivity index (χ4v) is 3.40. The van der Waals surface area contributed by atoms with Gasteiger partial charge in [-0.05, 0) is 24.6 Å². The third-order valence-electron chi connectivity index (χ3n) is 4.96. The van der Waals surface area contributed by atoms with Crippen LogP contribution in [0.25, 0.3) is 0 Å². The number of aryl methyl sites for hydroxylation is 1. The van der Waals surface area contributed by atoms with Crippen molar-refractivity contribution in [3.05, 3.63) is 59.2 Å². The van der Waals surface area contributed by atoms with Crippen molar-refractivity contribution in [3.63, 3.8) is 0 Å². The number of carbonyl (C=O) groups excluding carboxylic acids is 1. The molecule has 2 N–H and O–H groups in total. The van der Waals surface area contributed by atoms with E-state index in [1.165, 1.54) is 11.1 Å². The molecule has 3 rings (SSSR count). The first-order valence-corrected chi connectivity index (χ1v) is 10.0. The molecule has 0 bridgehead atoms. The summed E-state index contributed by atoms with van der Waals surface area (Å²) in [4.78, 5) is 35.4. The van der Waals surface area contributed by atoms with E-state index in [0.29, 0.717) is 30.2 Å². The number of piperazine rings is 1. The second-order valence-corrected chi connectivity index (χ2v) is 7.21. The van der Waals surface area contributed by atoms with Crippen molar-refractivity contribution in [2.24, 2.45) is 0 Å². The van der Waals surface area contributed by atoms with Gasteiger partial charge in [-0.25, -0.2) is 9.59 Å². The highest BCUT2D eigenvalue weighted by Crippen LogP contribution is 2.31. The average Bonchev–Trinajstić information content (AvgIpc) is 2.78. The molecule has 0 aliphatic carbocycles. The lowest BCUT2D eigenvalue weighted by atomic mass is 10.1. The highest BCUT2D eigenvalue weighted by atomic mass is 16.5. The lowest BCUT2D eigenvalue weighted by molar-refractivity contribution is -0.159. The van der Waals surface area contributed by atoms with Crippen molar-refractivity contribution < 1.29 is 34.1 Å². The highest BCUT2D eigenvalue weighted by molar-refractivity contribution is 6.27. The van der Waals surface area contributed by atoms with Crippen LogP contribution in [0.15, 0.2) is 42.5 Å². The zero-order valence-corrected chi connectivity index (χ0v) is 18.4. The van der Waals surface area contributed by atoms with E-state index >= 15 is 0 Å². The molecule has 1 aliphatic rings. The Morgan fingerprint density at radius 2 is 1.53 bits per heavy atom. The SMILES string of the molecule is COc1cccc(C(=O)N2CCN(Cc3cccc(C)c3)CC2)c1OC.O=C(O)C(=O)O. The smallest absolute Gasteiger partial charge is 0.414 e. The van der Waals surface area contributed by atoms with E-state index in [4.69, 9.17) is 29.3 Å². The van der Waals surface area contributed by atoms with E-state index in [0.717, 1.165) is 19.6 Å². The summed E-state index contributed by atoms with van der Waals surface area (Å²) in [7, 11) is 3.14. The Hall–Kier alpha value is -3.59. The van der Waals surface area contributed by atoms with Crippen molar-refractivity contribution >= 4 is 17.8 Å². The molecule has 0 aromatic heterocycles. The summed E-state index contributed by atoms with van der Waals surface area (Å²) in [6.45, 7) is 6.20. The standard InChI is InChI=1S/C21H26N2O3.C2H2O4/c1-16-6-4-7-17(14-16)15-22-10-12-23(13-11-22)21(24)18-8-5-9-19(25-2)20(18)26-3;3-1(4)2(5)6/h4-9,14H,10-13,15H2,1-3H3;(H,3,4)(H,5,6). The number of carboxylic acid groups (broad SMARTS) is 2. The normalized spacial score (nSPS) is 13.5. The second kappa shape index (κ2) is 11.7. The van der Waals surface area contributed by atoms with E-state index in [1.807, 2.05) is 11.0 Å². The molecule has 0 unspecified atom stereocenters. The number of benzene rings is 2. The zero-order chi connectivity index (χ0) is 23.7. The summed E-state index contributed by atoms with van der Waals surface area (Å²) in [6.07, 6.45) is 0. The largest absolute Gasteiger partial charge is 0.493 e.